The van der Waals surface area contributed by atoms with Gasteiger partial charge in [-0.3, -0.25) is 9.48 Å². The SMILES string of the molecule is Cn1ncc(Cl)c1C(=O)Nc1ccccc1C#N. The first-order valence-corrected chi connectivity index (χ1v) is 5.49. The molecule has 18 heavy (non-hydrogen) atoms. The Kier molecular flexibility index (Phi) is 3.31. The van der Waals surface area contributed by atoms with Crippen LogP contribution in [0.4, 0.5) is 5.69 Å². The molecule has 1 heterocycles. The number of nitrogens with zero attached hydrogens (tertiary/aromatic N) is 3. The molecule has 0 aliphatic carbocycles. The molecular weight excluding hydrogens is 252 g/mol. The normalized spacial score (nSPS) is 9.83. The highest BCUT2D eigenvalue weighted by Gasteiger charge is 2.16. The number of nitrogens with one attached hydrogen (secondary N) is 1. The topological polar surface area (TPSA) is 70.7 Å². The zero-order chi connectivity index (χ0) is 13.1. The summed E-state index contributed by atoms with van der Waals surface area (Å²) in [6.07, 6.45) is 1.40. The lowest BCUT2D eigenvalue weighted by Crippen LogP contribution is -2.17. The third kappa shape index (κ3) is 2.19. The number of carbonyl (C=O) groups is 1. The van der Waals surface area contributed by atoms with Crippen LogP contribution in [0.3, 0.4) is 0 Å². The van der Waals surface area contributed by atoms with E-state index >= 15 is 0 Å². The van der Waals surface area contributed by atoms with Crippen LogP contribution in [0.5, 0.6) is 0 Å². The highest BCUT2D eigenvalue weighted by Crippen LogP contribution is 2.18. The van der Waals surface area contributed by atoms with Crippen molar-refractivity contribution in [1.82, 2.24) is 9.78 Å². The Labute approximate surface area is 109 Å². The van der Waals surface area contributed by atoms with E-state index in [1.165, 1.54) is 10.9 Å². The van der Waals surface area contributed by atoms with Crippen LogP contribution < -0.4 is 5.32 Å². The van der Waals surface area contributed by atoms with E-state index in [9.17, 15) is 4.79 Å². The van der Waals surface area contributed by atoms with Crippen molar-refractivity contribution in [1.29, 1.82) is 5.26 Å². The van der Waals surface area contributed by atoms with Gasteiger partial charge in [-0.1, -0.05) is 23.7 Å². The number of aromatic nitrogens is 2. The number of hydrogen-bond acceptors (Lipinski definition) is 3. The second-order valence-corrected chi connectivity index (χ2v) is 3.98. The van der Waals surface area contributed by atoms with Crippen LogP contribution in [-0.2, 0) is 7.05 Å². The molecule has 2 rings (SSSR count). The minimum absolute atomic E-state index is 0.254. The van der Waals surface area contributed by atoms with Gasteiger partial charge in [-0.05, 0) is 12.1 Å². The van der Waals surface area contributed by atoms with Gasteiger partial charge in [-0.2, -0.15) is 10.4 Å². The Balaban J connectivity index is 2.31. The van der Waals surface area contributed by atoms with E-state index in [1.807, 2.05) is 6.07 Å². The number of carbonyl (C=O) groups excluding carboxylic acids is 1. The summed E-state index contributed by atoms with van der Waals surface area (Å²) in [5.41, 5.74) is 1.09. The molecular formula is C12H9ClN4O. The minimum atomic E-state index is -0.400. The van der Waals surface area contributed by atoms with Gasteiger partial charge in [0.05, 0.1) is 22.5 Å². The van der Waals surface area contributed by atoms with Gasteiger partial charge in [-0.25, -0.2) is 0 Å². The summed E-state index contributed by atoms with van der Waals surface area (Å²) in [7, 11) is 1.62. The molecule has 1 aromatic carbocycles. The Bertz CT molecular complexity index is 622. The summed E-state index contributed by atoms with van der Waals surface area (Å²) in [6, 6.07) is 8.75. The van der Waals surface area contributed by atoms with E-state index in [1.54, 1.807) is 31.3 Å². The molecule has 0 saturated heterocycles. The van der Waals surface area contributed by atoms with Crippen molar-refractivity contribution < 1.29 is 4.79 Å². The summed E-state index contributed by atoms with van der Waals surface area (Å²) in [6.45, 7) is 0. The second kappa shape index (κ2) is 4.90. The number of hydrogen-bond donors (Lipinski definition) is 1. The number of amides is 1. The van der Waals surface area contributed by atoms with Gasteiger partial charge < -0.3 is 5.32 Å². The number of halogens is 1. The molecule has 2 aromatic rings. The largest absolute Gasteiger partial charge is 0.319 e. The monoisotopic (exact) mass is 260 g/mol. The van der Waals surface area contributed by atoms with Crippen molar-refractivity contribution >= 4 is 23.2 Å². The molecule has 6 heteroatoms. The molecule has 0 aliphatic rings. The Morgan fingerprint density at radius 1 is 1.50 bits per heavy atom. The average molecular weight is 261 g/mol. The van der Waals surface area contributed by atoms with Crippen molar-refractivity contribution in [2.45, 2.75) is 0 Å². The van der Waals surface area contributed by atoms with Gasteiger partial charge in [0, 0.05) is 7.05 Å². The number of aryl methyl sites for hydroxylation is 1. The number of anilines is 1. The molecule has 1 aromatic heterocycles. The van der Waals surface area contributed by atoms with Crippen LogP contribution in [0.1, 0.15) is 16.1 Å². The third-order valence-electron chi connectivity index (χ3n) is 2.40. The Hall–Kier alpha value is -2.32. The van der Waals surface area contributed by atoms with Crippen LogP contribution in [0.2, 0.25) is 5.02 Å². The van der Waals surface area contributed by atoms with Crippen LogP contribution >= 0.6 is 11.6 Å². The molecule has 0 fully saturated rings. The summed E-state index contributed by atoms with van der Waals surface area (Å²) >= 11 is 5.87. The maximum absolute atomic E-state index is 12.0. The lowest BCUT2D eigenvalue weighted by molar-refractivity contribution is 0.101. The predicted molar refractivity (Wildman–Crippen MR) is 67.3 cm³/mol. The van der Waals surface area contributed by atoms with Gasteiger partial charge in [0.15, 0.2) is 0 Å². The quantitative estimate of drug-likeness (QED) is 0.900. The van der Waals surface area contributed by atoms with E-state index in [4.69, 9.17) is 16.9 Å². The Morgan fingerprint density at radius 2 is 2.22 bits per heavy atom. The van der Waals surface area contributed by atoms with E-state index in [0.717, 1.165) is 0 Å². The molecule has 0 bridgehead atoms. The van der Waals surface area contributed by atoms with E-state index in [-0.39, 0.29) is 10.7 Å². The summed E-state index contributed by atoms with van der Waals surface area (Å²) in [4.78, 5) is 12.0. The summed E-state index contributed by atoms with van der Waals surface area (Å²) < 4.78 is 1.38. The van der Waals surface area contributed by atoms with Gasteiger partial charge in [0.2, 0.25) is 0 Å². The minimum Gasteiger partial charge on any atom is -0.319 e. The smallest absolute Gasteiger partial charge is 0.275 e. The molecule has 1 amide bonds. The summed E-state index contributed by atoms with van der Waals surface area (Å²) in [5, 5.41) is 15.7. The maximum Gasteiger partial charge on any atom is 0.275 e. The van der Waals surface area contributed by atoms with Crippen LogP contribution in [-0.4, -0.2) is 15.7 Å². The van der Waals surface area contributed by atoms with Gasteiger partial charge >= 0.3 is 0 Å². The molecule has 0 radical (unpaired) electrons. The van der Waals surface area contributed by atoms with Gasteiger partial charge in [0.25, 0.3) is 5.91 Å². The second-order valence-electron chi connectivity index (χ2n) is 3.58. The first kappa shape index (κ1) is 12.1. The zero-order valence-electron chi connectivity index (χ0n) is 9.51. The van der Waals surface area contributed by atoms with Crippen LogP contribution in [0.15, 0.2) is 30.5 Å². The average Bonchev–Trinajstić information content (AvgIpc) is 2.69. The van der Waals surface area contributed by atoms with Crippen molar-refractivity contribution in [3.8, 4) is 6.07 Å². The molecule has 5 nitrogen and oxygen atoms in total. The number of benzene rings is 1. The molecule has 90 valence electrons. The van der Waals surface area contributed by atoms with Crippen molar-refractivity contribution in [3.63, 3.8) is 0 Å². The fourth-order valence-corrected chi connectivity index (χ4v) is 1.79. The predicted octanol–water partition coefficient (Wildman–Crippen LogP) is 2.20. The molecule has 0 atom stereocenters. The standard InChI is InChI=1S/C12H9ClN4O/c1-17-11(9(13)7-15-17)12(18)16-10-5-3-2-4-8(10)6-14/h2-5,7H,1H3,(H,16,18). The van der Waals surface area contributed by atoms with Crippen LogP contribution in [0, 0.1) is 11.3 Å². The molecule has 0 spiro atoms. The fraction of sp³-hybridized carbons (Fsp3) is 0.0833. The van der Waals surface area contributed by atoms with E-state index in [0.29, 0.717) is 11.3 Å². The molecule has 0 aliphatic heterocycles. The van der Waals surface area contributed by atoms with Gasteiger partial charge in [0.1, 0.15) is 11.8 Å². The lowest BCUT2D eigenvalue weighted by Gasteiger charge is -2.07. The number of para-hydroxylation sites is 1. The van der Waals surface area contributed by atoms with Crippen molar-refractivity contribution in [2.75, 3.05) is 5.32 Å². The van der Waals surface area contributed by atoms with Crippen LogP contribution in [0.25, 0.3) is 0 Å². The zero-order valence-corrected chi connectivity index (χ0v) is 10.3. The first-order chi connectivity index (χ1) is 8.63. The van der Waals surface area contributed by atoms with Gasteiger partial charge in [-0.15, -0.1) is 0 Å². The highest BCUT2D eigenvalue weighted by atomic mass is 35.5. The fourth-order valence-electron chi connectivity index (χ4n) is 1.54. The Morgan fingerprint density at radius 3 is 2.83 bits per heavy atom. The molecule has 0 unspecified atom stereocenters. The van der Waals surface area contributed by atoms with Crippen molar-refractivity contribution in [3.05, 3.63) is 46.7 Å². The van der Waals surface area contributed by atoms with Crippen molar-refractivity contribution in [2.24, 2.45) is 7.05 Å². The molecule has 0 saturated carbocycles. The first-order valence-electron chi connectivity index (χ1n) is 5.11. The molecule has 1 N–H and O–H groups in total. The highest BCUT2D eigenvalue weighted by molar-refractivity contribution is 6.34. The number of rotatable bonds is 2. The number of nitriles is 1. The van der Waals surface area contributed by atoms with E-state index < -0.39 is 5.91 Å². The lowest BCUT2D eigenvalue weighted by atomic mass is 10.2. The summed E-state index contributed by atoms with van der Waals surface area (Å²) in [5.74, 6) is -0.400. The van der Waals surface area contributed by atoms with E-state index in [2.05, 4.69) is 10.4 Å². The maximum atomic E-state index is 12.0. The third-order valence-corrected chi connectivity index (χ3v) is 2.68.